The number of amides is 2. The third-order valence-corrected chi connectivity index (χ3v) is 6.74. The summed E-state index contributed by atoms with van der Waals surface area (Å²) in [6, 6.07) is 3.76. The highest BCUT2D eigenvalue weighted by Crippen LogP contribution is 2.42. The number of aryl methyl sites for hydroxylation is 1. The first kappa shape index (κ1) is 19.3. The number of fused-ring (bicyclic) bond motifs is 3. The number of halogens is 1. The van der Waals surface area contributed by atoms with Gasteiger partial charge in [-0.05, 0) is 66.1 Å². The molecule has 28 heavy (non-hydrogen) atoms. The molecule has 0 bridgehead atoms. The highest BCUT2D eigenvalue weighted by Gasteiger charge is 2.35. The first-order valence-corrected chi connectivity index (χ1v) is 10.9. The van der Waals surface area contributed by atoms with E-state index in [2.05, 4.69) is 33.2 Å². The maximum absolute atomic E-state index is 12.9. The van der Waals surface area contributed by atoms with Crippen LogP contribution >= 0.6 is 33.9 Å². The molecule has 0 aliphatic carbocycles. The van der Waals surface area contributed by atoms with Gasteiger partial charge in [0.2, 0.25) is 0 Å². The zero-order valence-electron chi connectivity index (χ0n) is 15.5. The quantitative estimate of drug-likeness (QED) is 0.533. The van der Waals surface area contributed by atoms with Crippen LogP contribution < -0.4 is 10.6 Å². The summed E-state index contributed by atoms with van der Waals surface area (Å²) in [5.41, 5.74) is 3.05. The molecule has 0 radical (unpaired) electrons. The Labute approximate surface area is 180 Å². The average molecular weight is 513 g/mol. The Bertz CT molecular complexity index is 975. The molecule has 0 spiro atoms. The van der Waals surface area contributed by atoms with E-state index in [1.54, 1.807) is 11.8 Å². The zero-order chi connectivity index (χ0) is 20.0. The van der Waals surface area contributed by atoms with Crippen molar-refractivity contribution >= 4 is 50.9 Å². The number of carbonyl (C=O) groups excluding carboxylic acids is 2. The lowest BCUT2D eigenvalue weighted by Crippen LogP contribution is -2.39. The number of nitrogens with zero attached hydrogens (tertiary/aromatic N) is 1. The van der Waals surface area contributed by atoms with Crippen LogP contribution in [0.4, 0.5) is 9.80 Å². The maximum Gasteiger partial charge on any atom is 0.410 e. The topological polar surface area (TPSA) is 90.9 Å². The number of carbonyl (C=O) groups is 2. The molecule has 0 saturated heterocycles. The highest BCUT2D eigenvalue weighted by molar-refractivity contribution is 14.1. The maximum atomic E-state index is 12.9. The van der Waals surface area contributed by atoms with E-state index in [0.29, 0.717) is 37.2 Å². The minimum Gasteiger partial charge on any atom is -0.507 e. The van der Waals surface area contributed by atoms with E-state index in [1.165, 1.54) is 11.3 Å². The van der Waals surface area contributed by atoms with Gasteiger partial charge >= 0.3 is 6.09 Å². The van der Waals surface area contributed by atoms with Crippen LogP contribution in [0.3, 0.4) is 0 Å². The van der Waals surface area contributed by atoms with Gasteiger partial charge in [-0.1, -0.05) is 0 Å². The monoisotopic (exact) mass is 513 g/mol. The van der Waals surface area contributed by atoms with E-state index < -0.39 is 6.17 Å². The molecule has 1 unspecified atom stereocenters. The van der Waals surface area contributed by atoms with E-state index in [-0.39, 0.29) is 17.7 Å². The molecular weight excluding hydrogens is 493 g/mol. The molecule has 7 nitrogen and oxygen atoms in total. The summed E-state index contributed by atoms with van der Waals surface area (Å²) in [7, 11) is 0. The summed E-state index contributed by atoms with van der Waals surface area (Å²) in [6.45, 7) is 4.94. The lowest BCUT2D eigenvalue weighted by molar-refractivity contribution is 0.0934. The number of benzene rings is 1. The van der Waals surface area contributed by atoms with Crippen LogP contribution in [0.25, 0.3) is 0 Å². The van der Waals surface area contributed by atoms with Crippen molar-refractivity contribution in [2.45, 2.75) is 33.0 Å². The molecule has 0 fully saturated rings. The number of anilines is 1. The number of nitrogens with one attached hydrogen (secondary N) is 2. The van der Waals surface area contributed by atoms with Crippen LogP contribution in [0, 0.1) is 10.5 Å². The Morgan fingerprint density at radius 3 is 2.96 bits per heavy atom. The Kier molecular flexibility index (Phi) is 5.13. The van der Waals surface area contributed by atoms with E-state index >= 15 is 0 Å². The highest BCUT2D eigenvalue weighted by atomic mass is 127. The molecular formula is C19H20IN3O4S. The Morgan fingerprint density at radius 1 is 1.43 bits per heavy atom. The smallest absolute Gasteiger partial charge is 0.410 e. The minimum absolute atomic E-state index is 0.156. The van der Waals surface area contributed by atoms with Crippen LogP contribution in [0.5, 0.6) is 5.75 Å². The van der Waals surface area contributed by atoms with Crippen LogP contribution in [0.1, 0.15) is 45.0 Å². The van der Waals surface area contributed by atoms with Crippen molar-refractivity contribution < 1.29 is 19.4 Å². The Balaban J connectivity index is 1.64. The average Bonchev–Trinajstić information content (AvgIpc) is 3.02. The molecule has 1 atom stereocenters. The largest absolute Gasteiger partial charge is 0.507 e. The lowest BCUT2D eigenvalue weighted by atomic mass is 10.00. The summed E-state index contributed by atoms with van der Waals surface area (Å²) >= 11 is 3.68. The predicted octanol–water partition coefficient (Wildman–Crippen LogP) is 3.74. The third kappa shape index (κ3) is 3.30. The van der Waals surface area contributed by atoms with Gasteiger partial charge in [-0.2, -0.15) is 0 Å². The zero-order valence-corrected chi connectivity index (χ0v) is 18.4. The molecule has 1 aromatic heterocycles. The molecule has 0 saturated carbocycles. The van der Waals surface area contributed by atoms with Crippen molar-refractivity contribution in [3.8, 4) is 5.75 Å². The fourth-order valence-electron chi connectivity index (χ4n) is 3.62. The van der Waals surface area contributed by atoms with Crippen molar-refractivity contribution in [3.05, 3.63) is 42.8 Å². The Morgan fingerprint density at radius 2 is 2.21 bits per heavy atom. The molecule has 1 aromatic carbocycles. The summed E-state index contributed by atoms with van der Waals surface area (Å²) in [5, 5.41) is 17.6. The SMILES string of the molecule is CCOC(=O)N1CCc2c(sc3c2C(=O)NC(c2cc(I)cc(C)c2O)N3)C1. The van der Waals surface area contributed by atoms with Crippen molar-refractivity contribution in [1.29, 1.82) is 0 Å². The second-order valence-corrected chi connectivity index (χ2v) is 9.14. The molecule has 2 amide bonds. The summed E-state index contributed by atoms with van der Waals surface area (Å²) in [4.78, 5) is 27.6. The third-order valence-electron chi connectivity index (χ3n) is 4.97. The van der Waals surface area contributed by atoms with Gasteiger partial charge in [0, 0.05) is 20.6 Å². The van der Waals surface area contributed by atoms with Gasteiger partial charge in [0.05, 0.1) is 18.7 Å². The number of ether oxygens (including phenoxy) is 1. The van der Waals surface area contributed by atoms with Gasteiger partial charge < -0.3 is 25.4 Å². The van der Waals surface area contributed by atoms with Gasteiger partial charge in [-0.25, -0.2) is 4.79 Å². The van der Waals surface area contributed by atoms with E-state index in [1.807, 2.05) is 19.1 Å². The number of rotatable bonds is 2. The standard InChI is InChI=1S/C19H20IN3O4S/c1-3-27-19(26)23-5-4-11-13(8-23)28-18-14(11)17(25)21-16(22-18)12-7-10(20)6-9(2)15(12)24/h6-7,16,22,24H,3-5,8H2,1-2H3,(H,21,25). The molecule has 4 rings (SSSR count). The number of hydrogen-bond acceptors (Lipinski definition) is 6. The first-order chi connectivity index (χ1) is 13.4. The van der Waals surface area contributed by atoms with E-state index in [9.17, 15) is 14.7 Å². The summed E-state index contributed by atoms with van der Waals surface area (Å²) < 4.78 is 6.08. The Hall–Kier alpha value is -2.01. The number of hydrogen-bond donors (Lipinski definition) is 3. The predicted molar refractivity (Wildman–Crippen MR) is 115 cm³/mol. The second-order valence-electron chi connectivity index (χ2n) is 6.79. The molecule has 3 heterocycles. The van der Waals surface area contributed by atoms with Crippen molar-refractivity contribution in [2.24, 2.45) is 0 Å². The fraction of sp³-hybridized carbons (Fsp3) is 0.368. The van der Waals surface area contributed by atoms with Gasteiger partial charge in [0.25, 0.3) is 5.91 Å². The van der Waals surface area contributed by atoms with E-state index in [4.69, 9.17) is 4.74 Å². The van der Waals surface area contributed by atoms with Crippen LogP contribution in [0.15, 0.2) is 12.1 Å². The molecule has 2 aliphatic rings. The number of phenols is 1. The van der Waals surface area contributed by atoms with Gasteiger partial charge in [0.15, 0.2) is 0 Å². The lowest BCUT2D eigenvalue weighted by Gasteiger charge is -2.28. The van der Waals surface area contributed by atoms with Gasteiger partial charge in [0.1, 0.15) is 16.9 Å². The summed E-state index contributed by atoms with van der Waals surface area (Å²) in [6.07, 6.45) is -0.211. The van der Waals surface area contributed by atoms with E-state index in [0.717, 1.165) is 24.6 Å². The molecule has 3 N–H and O–H groups in total. The molecule has 148 valence electrons. The van der Waals surface area contributed by atoms with Crippen LogP contribution in [-0.2, 0) is 17.7 Å². The number of aromatic hydroxyl groups is 1. The second kappa shape index (κ2) is 7.43. The van der Waals surface area contributed by atoms with Crippen LogP contribution in [0.2, 0.25) is 0 Å². The summed E-state index contributed by atoms with van der Waals surface area (Å²) in [5.74, 6) is 0.0215. The normalized spacial score (nSPS) is 18.0. The number of thiophene rings is 1. The molecule has 2 aromatic rings. The molecule has 9 heteroatoms. The minimum atomic E-state index is -0.505. The van der Waals surface area contributed by atoms with Crippen molar-refractivity contribution in [3.63, 3.8) is 0 Å². The van der Waals surface area contributed by atoms with Gasteiger partial charge in [-0.15, -0.1) is 11.3 Å². The number of phenolic OH excluding ortho intramolecular Hbond substituents is 1. The van der Waals surface area contributed by atoms with Crippen LogP contribution in [-0.4, -0.2) is 35.2 Å². The fourth-order valence-corrected chi connectivity index (χ4v) is 5.71. The first-order valence-electron chi connectivity index (χ1n) is 9.01. The van der Waals surface area contributed by atoms with Crippen molar-refractivity contribution in [1.82, 2.24) is 10.2 Å². The van der Waals surface area contributed by atoms with Gasteiger partial charge in [-0.3, -0.25) is 4.79 Å². The molecule has 2 aliphatic heterocycles. The van der Waals surface area contributed by atoms with Crippen molar-refractivity contribution in [2.75, 3.05) is 18.5 Å².